The number of hydrogen-bond donors (Lipinski definition) is 1. The van der Waals surface area contributed by atoms with Crippen molar-refractivity contribution in [1.82, 2.24) is 0 Å². The van der Waals surface area contributed by atoms with Crippen molar-refractivity contribution in [2.45, 2.75) is 38.7 Å². The molecule has 0 aromatic rings. The monoisotopic (exact) mass is 201 g/mol. The zero-order valence-electron chi connectivity index (χ0n) is 9.21. The second-order valence-electron chi connectivity index (χ2n) is 3.89. The summed E-state index contributed by atoms with van der Waals surface area (Å²) in [6, 6.07) is 0. The molecule has 0 bridgehead atoms. The molecule has 1 saturated carbocycles. The summed E-state index contributed by atoms with van der Waals surface area (Å²) < 4.78 is 11.0. The largest absolute Gasteiger partial charge is 0.379 e. The lowest BCUT2D eigenvalue weighted by Crippen LogP contribution is -2.33. The molecule has 1 fully saturated rings. The van der Waals surface area contributed by atoms with E-state index >= 15 is 0 Å². The van der Waals surface area contributed by atoms with E-state index in [1.54, 1.807) is 0 Å². The van der Waals surface area contributed by atoms with Crippen molar-refractivity contribution < 1.29 is 9.47 Å². The first-order valence-corrected chi connectivity index (χ1v) is 5.78. The van der Waals surface area contributed by atoms with Gasteiger partial charge in [-0.25, -0.2) is 0 Å². The lowest BCUT2D eigenvalue weighted by atomic mass is 9.86. The van der Waals surface area contributed by atoms with Crippen molar-refractivity contribution in [2.24, 2.45) is 11.7 Å². The van der Waals surface area contributed by atoms with Gasteiger partial charge in [0.1, 0.15) is 0 Å². The summed E-state index contributed by atoms with van der Waals surface area (Å²) in [5.74, 6) is 0.574. The fourth-order valence-electron chi connectivity index (χ4n) is 2.07. The first kappa shape index (κ1) is 12.0. The van der Waals surface area contributed by atoms with Gasteiger partial charge < -0.3 is 15.2 Å². The molecule has 2 N–H and O–H groups in total. The minimum absolute atomic E-state index is 0.384. The summed E-state index contributed by atoms with van der Waals surface area (Å²) in [6.45, 7) is 4.97. The second kappa shape index (κ2) is 7.21. The van der Waals surface area contributed by atoms with Gasteiger partial charge in [-0.05, 0) is 32.2 Å². The maximum absolute atomic E-state index is 5.78. The minimum Gasteiger partial charge on any atom is -0.379 e. The van der Waals surface area contributed by atoms with E-state index in [1.165, 1.54) is 25.7 Å². The highest BCUT2D eigenvalue weighted by Gasteiger charge is 2.24. The standard InChI is InChI=1S/C11H23NO2/c1-2-13-7-8-14-11-6-4-3-5-10(11)9-12/h10-11H,2-9,12H2,1H3. The molecule has 0 amide bonds. The van der Waals surface area contributed by atoms with E-state index in [4.69, 9.17) is 15.2 Å². The van der Waals surface area contributed by atoms with E-state index in [2.05, 4.69) is 0 Å². The van der Waals surface area contributed by atoms with Crippen LogP contribution in [0.1, 0.15) is 32.6 Å². The Hall–Kier alpha value is -0.120. The Balaban J connectivity index is 2.13. The van der Waals surface area contributed by atoms with E-state index in [0.717, 1.165) is 19.8 Å². The molecule has 3 nitrogen and oxygen atoms in total. The number of rotatable bonds is 6. The van der Waals surface area contributed by atoms with Crippen LogP contribution >= 0.6 is 0 Å². The van der Waals surface area contributed by atoms with Gasteiger partial charge in [-0.3, -0.25) is 0 Å². The summed E-state index contributed by atoms with van der Waals surface area (Å²) in [5.41, 5.74) is 5.71. The molecule has 0 radical (unpaired) electrons. The summed E-state index contributed by atoms with van der Waals surface area (Å²) in [7, 11) is 0. The average molecular weight is 201 g/mol. The minimum atomic E-state index is 0.384. The van der Waals surface area contributed by atoms with Gasteiger partial charge in [0.2, 0.25) is 0 Å². The molecule has 0 aromatic carbocycles. The molecule has 3 heteroatoms. The van der Waals surface area contributed by atoms with E-state index < -0.39 is 0 Å². The summed E-state index contributed by atoms with van der Waals surface area (Å²) >= 11 is 0. The lowest BCUT2D eigenvalue weighted by Gasteiger charge is -2.30. The van der Waals surface area contributed by atoms with Crippen LogP contribution < -0.4 is 5.73 Å². The smallest absolute Gasteiger partial charge is 0.0704 e. The molecule has 84 valence electrons. The van der Waals surface area contributed by atoms with Crippen molar-refractivity contribution in [1.29, 1.82) is 0 Å². The predicted molar refractivity (Wildman–Crippen MR) is 57.2 cm³/mol. The Morgan fingerprint density at radius 2 is 2.00 bits per heavy atom. The van der Waals surface area contributed by atoms with Crippen molar-refractivity contribution in [3.8, 4) is 0 Å². The molecule has 2 atom stereocenters. The Labute approximate surface area is 86.9 Å². The van der Waals surface area contributed by atoms with Gasteiger partial charge in [0.15, 0.2) is 0 Å². The van der Waals surface area contributed by atoms with Gasteiger partial charge in [-0.1, -0.05) is 12.8 Å². The molecule has 1 aliphatic rings. The van der Waals surface area contributed by atoms with Crippen molar-refractivity contribution in [2.75, 3.05) is 26.4 Å². The highest BCUT2D eigenvalue weighted by molar-refractivity contribution is 4.76. The van der Waals surface area contributed by atoms with Crippen LogP contribution in [-0.2, 0) is 9.47 Å². The SMILES string of the molecule is CCOCCOC1CCCCC1CN. The number of ether oxygens (including phenoxy) is 2. The fraction of sp³-hybridized carbons (Fsp3) is 1.00. The molecule has 1 rings (SSSR count). The number of hydrogen-bond acceptors (Lipinski definition) is 3. The fourth-order valence-corrected chi connectivity index (χ4v) is 2.07. The molecule has 0 aliphatic heterocycles. The molecular formula is C11H23NO2. The quantitative estimate of drug-likeness (QED) is 0.663. The van der Waals surface area contributed by atoms with Crippen molar-refractivity contribution in [3.05, 3.63) is 0 Å². The normalized spacial score (nSPS) is 27.9. The molecule has 0 saturated heterocycles. The van der Waals surface area contributed by atoms with Gasteiger partial charge in [-0.2, -0.15) is 0 Å². The van der Waals surface area contributed by atoms with Gasteiger partial charge in [0.05, 0.1) is 19.3 Å². The van der Waals surface area contributed by atoms with Crippen LogP contribution in [-0.4, -0.2) is 32.5 Å². The summed E-state index contributed by atoms with van der Waals surface area (Å²) in [6.07, 6.45) is 5.39. The third-order valence-corrected chi connectivity index (χ3v) is 2.91. The van der Waals surface area contributed by atoms with Gasteiger partial charge in [0.25, 0.3) is 0 Å². The van der Waals surface area contributed by atoms with Gasteiger partial charge in [-0.15, -0.1) is 0 Å². The number of nitrogens with two attached hydrogens (primary N) is 1. The predicted octanol–water partition coefficient (Wildman–Crippen LogP) is 1.56. The van der Waals surface area contributed by atoms with Crippen LogP contribution in [0.25, 0.3) is 0 Å². The highest BCUT2D eigenvalue weighted by Crippen LogP contribution is 2.25. The maximum atomic E-state index is 5.78. The first-order chi connectivity index (χ1) is 6.88. The van der Waals surface area contributed by atoms with E-state index in [9.17, 15) is 0 Å². The van der Waals surface area contributed by atoms with E-state index in [-0.39, 0.29) is 0 Å². The van der Waals surface area contributed by atoms with Crippen LogP contribution in [0.4, 0.5) is 0 Å². The highest BCUT2D eigenvalue weighted by atomic mass is 16.5. The molecule has 1 aliphatic carbocycles. The van der Waals surface area contributed by atoms with Crippen LogP contribution in [0.15, 0.2) is 0 Å². The molecule has 0 heterocycles. The Kier molecular flexibility index (Phi) is 6.15. The maximum Gasteiger partial charge on any atom is 0.0704 e. The van der Waals surface area contributed by atoms with E-state index in [1.807, 2.05) is 6.92 Å². The summed E-state index contributed by atoms with van der Waals surface area (Å²) in [5, 5.41) is 0. The van der Waals surface area contributed by atoms with Crippen LogP contribution in [0.2, 0.25) is 0 Å². The molecule has 0 aromatic heterocycles. The van der Waals surface area contributed by atoms with Gasteiger partial charge in [0, 0.05) is 6.61 Å². The van der Waals surface area contributed by atoms with Gasteiger partial charge >= 0.3 is 0 Å². The Bertz CT molecular complexity index is 141. The second-order valence-corrected chi connectivity index (χ2v) is 3.89. The van der Waals surface area contributed by atoms with E-state index in [0.29, 0.717) is 18.6 Å². The lowest BCUT2D eigenvalue weighted by molar-refractivity contribution is -0.0339. The van der Waals surface area contributed by atoms with Crippen molar-refractivity contribution >= 4 is 0 Å². The third kappa shape index (κ3) is 3.95. The first-order valence-electron chi connectivity index (χ1n) is 5.78. The zero-order valence-corrected chi connectivity index (χ0v) is 9.21. The average Bonchev–Trinajstić information content (AvgIpc) is 2.25. The topological polar surface area (TPSA) is 44.5 Å². The van der Waals surface area contributed by atoms with Crippen LogP contribution in [0.3, 0.4) is 0 Å². The molecule has 2 unspecified atom stereocenters. The molecular weight excluding hydrogens is 178 g/mol. The third-order valence-electron chi connectivity index (χ3n) is 2.91. The molecule has 0 spiro atoms. The Morgan fingerprint density at radius 1 is 1.21 bits per heavy atom. The van der Waals surface area contributed by atoms with Crippen molar-refractivity contribution in [3.63, 3.8) is 0 Å². The zero-order chi connectivity index (χ0) is 10.2. The summed E-state index contributed by atoms with van der Waals surface area (Å²) in [4.78, 5) is 0. The van der Waals surface area contributed by atoms with Crippen LogP contribution in [0, 0.1) is 5.92 Å². The molecule has 14 heavy (non-hydrogen) atoms. The Morgan fingerprint density at radius 3 is 2.71 bits per heavy atom. The van der Waals surface area contributed by atoms with Crippen LogP contribution in [0.5, 0.6) is 0 Å².